The Balaban J connectivity index is 0.00000195. The van der Waals surface area contributed by atoms with E-state index in [9.17, 15) is 23.1 Å². The zero-order chi connectivity index (χ0) is 27.9. The lowest BCUT2D eigenvalue weighted by atomic mass is 10.0. The van der Waals surface area contributed by atoms with Gasteiger partial charge in [-0.05, 0) is 39.5 Å². The number of nitrogens with zero attached hydrogens (tertiary/aromatic N) is 6. The number of anilines is 1. The molecule has 0 aromatic carbocycles. The summed E-state index contributed by atoms with van der Waals surface area (Å²) in [6.07, 6.45) is 3.41. The van der Waals surface area contributed by atoms with E-state index in [1.807, 2.05) is 13.8 Å². The Hall–Kier alpha value is -2.22. The van der Waals surface area contributed by atoms with Gasteiger partial charge in [0.05, 0.1) is 24.0 Å². The van der Waals surface area contributed by atoms with Gasteiger partial charge in [0.2, 0.25) is 5.95 Å². The molecule has 0 spiro atoms. The fourth-order valence-electron chi connectivity index (χ4n) is 4.37. The van der Waals surface area contributed by atoms with E-state index in [4.69, 9.17) is 0 Å². The molecule has 2 aromatic rings. The number of halogens is 3. The zero-order valence-corrected chi connectivity index (χ0v) is 23.2. The van der Waals surface area contributed by atoms with E-state index in [0.29, 0.717) is 0 Å². The van der Waals surface area contributed by atoms with Crippen molar-refractivity contribution in [3.05, 3.63) is 24.2 Å². The van der Waals surface area contributed by atoms with E-state index < -0.39 is 17.3 Å². The van der Waals surface area contributed by atoms with Gasteiger partial charge < -0.3 is 15.2 Å². The Morgan fingerprint density at radius 3 is 2.24 bits per heavy atom. The van der Waals surface area contributed by atoms with Crippen LogP contribution in [-0.2, 0) is 17.5 Å². The fraction of sp³-hybridized carbons (Fsp3) is 0.680. The molecule has 4 rings (SSSR count). The predicted octanol–water partition coefficient (Wildman–Crippen LogP) is 4.51. The van der Waals surface area contributed by atoms with Gasteiger partial charge in [-0.1, -0.05) is 13.8 Å². The van der Waals surface area contributed by atoms with Gasteiger partial charge >= 0.3 is 6.18 Å². The monoisotopic (exact) mass is 557 g/mol. The second-order valence-electron chi connectivity index (χ2n) is 10.0. The predicted molar refractivity (Wildman–Crippen MR) is 142 cm³/mol. The Labute approximate surface area is 226 Å². The van der Waals surface area contributed by atoms with Gasteiger partial charge in [0, 0.05) is 68.2 Å². The molecule has 0 aliphatic carbocycles. The second-order valence-corrected chi connectivity index (χ2v) is 11.2. The first-order chi connectivity index (χ1) is 18.0. The highest BCUT2D eigenvalue weighted by molar-refractivity contribution is 7.94. The van der Waals surface area contributed by atoms with Crippen LogP contribution in [0.15, 0.2) is 18.6 Å². The topological polar surface area (TPSA) is 99.4 Å². The number of rotatable bonds is 8. The van der Waals surface area contributed by atoms with Crippen molar-refractivity contribution in [3.8, 4) is 11.3 Å². The molecule has 0 unspecified atom stereocenters. The number of alkyl halides is 3. The number of carbonyl (C=O) groups excluding carboxylic acids is 1. The number of nitrogens with one attached hydrogen (secondary N) is 1. The maximum absolute atomic E-state index is 13.7. The van der Waals surface area contributed by atoms with Crippen LogP contribution in [0, 0.1) is 5.92 Å². The first-order valence-electron chi connectivity index (χ1n) is 13.1. The van der Waals surface area contributed by atoms with Crippen LogP contribution < -0.4 is 5.32 Å². The third kappa shape index (κ3) is 8.65. The number of carbonyl (C=O) groups is 1. The Kier molecular flexibility index (Phi) is 10.6. The highest BCUT2D eigenvalue weighted by atomic mass is 32.2. The summed E-state index contributed by atoms with van der Waals surface area (Å²) in [4.78, 5) is 19.1. The van der Waals surface area contributed by atoms with Crippen LogP contribution in [0.3, 0.4) is 0 Å². The van der Waals surface area contributed by atoms with Gasteiger partial charge in [0.15, 0.2) is 0 Å². The van der Waals surface area contributed by atoms with Crippen LogP contribution in [0.5, 0.6) is 0 Å². The number of hydrogen-bond acceptors (Lipinski definition) is 9. The van der Waals surface area contributed by atoms with E-state index in [0.717, 1.165) is 64.3 Å². The quantitative estimate of drug-likeness (QED) is 0.359. The van der Waals surface area contributed by atoms with Gasteiger partial charge in [0.25, 0.3) is 0 Å². The minimum Gasteiger partial charge on any atom is -0.389 e. The molecule has 2 aliphatic heterocycles. The molecule has 2 fully saturated rings. The van der Waals surface area contributed by atoms with Crippen LogP contribution in [0.25, 0.3) is 11.3 Å². The standard InChI is InChI=1S/C23H32F3N7O2S.C2H6/c1-22(2,35)15-31-13-17(11-28-31)20-19(23(24,25)26)12-27-21(30-20)29-18-5-9-33(10-6-18)36-32-7-3-16(14-34)4-8-32;1-2/h11-14,16,18,35H,3-10,15H2,1-2H3,(H,27,29,30);1-2H3. The summed E-state index contributed by atoms with van der Waals surface area (Å²) < 4.78 is 47.0. The van der Waals surface area contributed by atoms with Gasteiger partial charge in [-0.25, -0.2) is 18.6 Å². The summed E-state index contributed by atoms with van der Waals surface area (Å²) in [6.45, 7) is 10.8. The van der Waals surface area contributed by atoms with Crippen molar-refractivity contribution >= 4 is 24.4 Å². The molecule has 2 N–H and O–H groups in total. The van der Waals surface area contributed by atoms with E-state index in [2.05, 4.69) is 29.0 Å². The number of aromatic nitrogens is 4. The molecule has 0 bridgehead atoms. The molecule has 212 valence electrons. The van der Waals surface area contributed by atoms with Crippen molar-refractivity contribution in [2.75, 3.05) is 31.5 Å². The fourth-order valence-corrected chi connectivity index (χ4v) is 5.44. The number of aliphatic hydroxyl groups is 1. The summed E-state index contributed by atoms with van der Waals surface area (Å²) >= 11 is 1.71. The molecule has 38 heavy (non-hydrogen) atoms. The summed E-state index contributed by atoms with van der Waals surface area (Å²) in [7, 11) is 0. The van der Waals surface area contributed by atoms with E-state index in [1.165, 1.54) is 17.1 Å². The molecule has 0 atom stereocenters. The molecular formula is C25H38F3N7O2S. The molecule has 2 aliphatic rings. The van der Waals surface area contributed by atoms with Gasteiger partial charge in [-0.3, -0.25) is 4.68 Å². The average molecular weight is 558 g/mol. The minimum atomic E-state index is -4.62. The normalized spacial score (nSPS) is 18.6. The SMILES string of the molecule is CC.CC(C)(O)Cn1cc(-c2nc(NC3CCN(SN4CCC(C=O)CC4)CC3)ncc2C(F)(F)F)cn1. The van der Waals surface area contributed by atoms with Crippen LogP contribution in [0.2, 0.25) is 0 Å². The molecule has 0 amide bonds. The molecule has 9 nitrogen and oxygen atoms in total. The van der Waals surface area contributed by atoms with Crippen LogP contribution >= 0.6 is 12.1 Å². The van der Waals surface area contributed by atoms with Gasteiger partial charge in [0.1, 0.15) is 11.8 Å². The van der Waals surface area contributed by atoms with Crippen molar-refractivity contribution in [1.29, 1.82) is 0 Å². The van der Waals surface area contributed by atoms with Gasteiger partial charge in [-0.15, -0.1) is 0 Å². The van der Waals surface area contributed by atoms with Crippen molar-refractivity contribution in [2.24, 2.45) is 5.92 Å². The maximum Gasteiger partial charge on any atom is 0.419 e. The van der Waals surface area contributed by atoms with Crippen LogP contribution in [0.4, 0.5) is 19.1 Å². The first kappa shape index (κ1) is 30.3. The third-order valence-corrected chi connectivity index (χ3v) is 7.45. The molecule has 0 radical (unpaired) electrons. The molecule has 4 heterocycles. The number of piperidine rings is 2. The first-order valence-corrected chi connectivity index (χ1v) is 13.8. The smallest absolute Gasteiger partial charge is 0.389 e. The summed E-state index contributed by atoms with van der Waals surface area (Å²) in [6, 6.07) is 0.0464. The molecular weight excluding hydrogens is 519 g/mol. The molecule has 13 heteroatoms. The van der Waals surface area contributed by atoms with E-state index >= 15 is 0 Å². The third-order valence-electron chi connectivity index (χ3n) is 6.26. The summed E-state index contributed by atoms with van der Waals surface area (Å²) in [5, 5.41) is 17.3. The largest absolute Gasteiger partial charge is 0.419 e. The van der Waals surface area contributed by atoms with Crippen molar-refractivity contribution < 1.29 is 23.1 Å². The zero-order valence-electron chi connectivity index (χ0n) is 22.4. The van der Waals surface area contributed by atoms with Gasteiger partial charge in [-0.2, -0.15) is 18.3 Å². The Morgan fingerprint density at radius 1 is 1.08 bits per heavy atom. The van der Waals surface area contributed by atoms with E-state index in [-0.39, 0.29) is 35.7 Å². The lowest BCUT2D eigenvalue weighted by Gasteiger charge is -2.36. The van der Waals surface area contributed by atoms with Crippen LogP contribution in [0.1, 0.15) is 58.9 Å². The van der Waals surface area contributed by atoms with E-state index in [1.54, 1.807) is 26.0 Å². The number of aldehydes is 1. The Morgan fingerprint density at radius 2 is 1.68 bits per heavy atom. The summed E-state index contributed by atoms with van der Waals surface area (Å²) in [5.41, 5.74) is -2.02. The lowest BCUT2D eigenvalue weighted by molar-refractivity contribution is -0.137. The van der Waals surface area contributed by atoms with Crippen molar-refractivity contribution in [2.45, 2.75) is 77.7 Å². The minimum absolute atomic E-state index is 0.0464. The average Bonchev–Trinajstić information content (AvgIpc) is 3.33. The van der Waals surface area contributed by atoms with Crippen molar-refractivity contribution in [1.82, 2.24) is 28.4 Å². The Bertz CT molecular complexity index is 1030. The van der Waals surface area contributed by atoms with Crippen LogP contribution in [-0.4, -0.2) is 77.6 Å². The highest BCUT2D eigenvalue weighted by Gasteiger charge is 2.36. The highest BCUT2D eigenvalue weighted by Crippen LogP contribution is 2.36. The molecule has 2 aromatic heterocycles. The maximum atomic E-state index is 13.7. The van der Waals surface area contributed by atoms with Crippen molar-refractivity contribution in [3.63, 3.8) is 0 Å². The molecule has 2 saturated heterocycles. The molecule has 0 saturated carbocycles. The number of hydrogen-bond donors (Lipinski definition) is 2. The second kappa shape index (κ2) is 13.2. The summed E-state index contributed by atoms with van der Waals surface area (Å²) in [5.74, 6) is 0.316. The lowest BCUT2D eigenvalue weighted by Crippen LogP contribution is -2.39.